The van der Waals surface area contributed by atoms with Crippen LogP contribution in [0.3, 0.4) is 0 Å². The van der Waals surface area contributed by atoms with Crippen molar-refractivity contribution in [3.05, 3.63) is 30.1 Å². The Bertz CT molecular complexity index is 411. The second kappa shape index (κ2) is 6.70. The van der Waals surface area contributed by atoms with Gasteiger partial charge in [-0.15, -0.1) is 0 Å². The summed E-state index contributed by atoms with van der Waals surface area (Å²) in [6, 6.07) is 6.59. The average molecular weight is 256 g/mol. The Hall–Kier alpha value is -1.36. The molecular weight excluding hydrogens is 232 g/mol. The van der Waals surface area contributed by atoms with E-state index >= 15 is 0 Å². The van der Waals surface area contributed by atoms with Gasteiger partial charge in [0.15, 0.2) is 0 Å². The first-order valence-electron chi connectivity index (χ1n) is 7.62. The number of nitriles is 1. The van der Waals surface area contributed by atoms with Crippen molar-refractivity contribution in [3.63, 3.8) is 0 Å². The second-order valence-corrected chi connectivity index (χ2v) is 5.87. The predicted molar refractivity (Wildman–Crippen MR) is 77.6 cm³/mol. The Morgan fingerprint density at radius 3 is 2.74 bits per heavy atom. The van der Waals surface area contributed by atoms with Gasteiger partial charge in [0.05, 0.1) is 11.5 Å². The van der Waals surface area contributed by atoms with E-state index in [0.29, 0.717) is 0 Å². The summed E-state index contributed by atoms with van der Waals surface area (Å²) in [7, 11) is 0. The Labute approximate surface area is 116 Å². The van der Waals surface area contributed by atoms with Crippen LogP contribution in [0.4, 0.5) is 0 Å². The van der Waals surface area contributed by atoms with Crippen molar-refractivity contribution in [1.29, 1.82) is 5.26 Å². The van der Waals surface area contributed by atoms with Gasteiger partial charge in [0.25, 0.3) is 0 Å². The molecule has 19 heavy (non-hydrogen) atoms. The van der Waals surface area contributed by atoms with E-state index in [1.807, 2.05) is 12.3 Å². The first-order valence-corrected chi connectivity index (χ1v) is 7.62. The van der Waals surface area contributed by atoms with Gasteiger partial charge in [0.1, 0.15) is 0 Å². The molecule has 0 bridgehead atoms. The van der Waals surface area contributed by atoms with E-state index < -0.39 is 0 Å². The van der Waals surface area contributed by atoms with Crippen molar-refractivity contribution >= 4 is 0 Å². The molecule has 0 aliphatic heterocycles. The summed E-state index contributed by atoms with van der Waals surface area (Å²) in [5.41, 5.74) is 0.847. The van der Waals surface area contributed by atoms with Crippen LogP contribution in [-0.4, -0.2) is 4.98 Å². The Morgan fingerprint density at radius 1 is 1.37 bits per heavy atom. The number of aromatic nitrogens is 1. The third kappa shape index (κ3) is 3.35. The van der Waals surface area contributed by atoms with Crippen molar-refractivity contribution in [2.45, 2.75) is 63.7 Å². The molecule has 1 aromatic heterocycles. The lowest BCUT2D eigenvalue weighted by Gasteiger charge is -2.35. The number of unbranched alkanes of at least 4 members (excludes halogenated alkanes) is 2. The Balaban J connectivity index is 1.95. The van der Waals surface area contributed by atoms with Crippen molar-refractivity contribution in [2.75, 3.05) is 0 Å². The number of hydrogen-bond donors (Lipinski definition) is 0. The van der Waals surface area contributed by atoms with Crippen LogP contribution in [0.5, 0.6) is 0 Å². The van der Waals surface area contributed by atoms with Gasteiger partial charge >= 0.3 is 0 Å². The summed E-state index contributed by atoms with van der Waals surface area (Å²) >= 11 is 0. The molecule has 1 heterocycles. The minimum atomic E-state index is -0.268. The molecule has 1 fully saturated rings. The number of hydrogen-bond acceptors (Lipinski definition) is 2. The zero-order chi connectivity index (χ0) is 13.6. The van der Waals surface area contributed by atoms with Gasteiger partial charge in [-0.25, -0.2) is 0 Å². The van der Waals surface area contributed by atoms with E-state index in [0.717, 1.165) is 24.3 Å². The highest BCUT2D eigenvalue weighted by molar-refractivity contribution is 5.30. The molecule has 0 unspecified atom stereocenters. The van der Waals surface area contributed by atoms with Crippen molar-refractivity contribution in [3.8, 4) is 6.07 Å². The molecule has 0 N–H and O–H groups in total. The summed E-state index contributed by atoms with van der Waals surface area (Å²) in [4.78, 5) is 4.18. The van der Waals surface area contributed by atoms with Gasteiger partial charge in [0, 0.05) is 12.4 Å². The van der Waals surface area contributed by atoms with E-state index in [1.54, 1.807) is 6.20 Å². The number of nitrogens with zero attached hydrogens (tertiary/aromatic N) is 2. The highest BCUT2D eigenvalue weighted by atomic mass is 14.6. The zero-order valence-electron chi connectivity index (χ0n) is 11.9. The fraction of sp³-hybridized carbons (Fsp3) is 0.647. The molecule has 0 aromatic carbocycles. The normalized spacial score (nSPS) is 26.8. The fourth-order valence-electron chi connectivity index (χ4n) is 3.25. The van der Waals surface area contributed by atoms with Gasteiger partial charge in [0.2, 0.25) is 0 Å². The fourth-order valence-corrected chi connectivity index (χ4v) is 3.25. The maximum atomic E-state index is 9.62. The van der Waals surface area contributed by atoms with Crippen molar-refractivity contribution in [2.24, 2.45) is 5.92 Å². The average Bonchev–Trinajstić information content (AvgIpc) is 2.49. The summed E-state index contributed by atoms with van der Waals surface area (Å²) < 4.78 is 0. The van der Waals surface area contributed by atoms with Crippen LogP contribution in [0, 0.1) is 17.2 Å². The predicted octanol–water partition coefficient (Wildman–Crippen LogP) is 4.61. The molecule has 2 nitrogen and oxygen atoms in total. The van der Waals surface area contributed by atoms with E-state index in [-0.39, 0.29) is 5.41 Å². The molecule has 0 saturated heterocycles. The largest absolute Gasteiger partial charge is 0.264 e. The Morgan fingerprint density at radius 2 is 2.16 bits per heavy atom. The lowest BCUT2D eigenvalue weighted by atomic mass is 9.67. The maximum absolute atomic E-state index is 9.62. The number of pyridine rings is 1. The van der Waals surface area contributed by atoms with Crippen LogP contribution in [0.25, 0.3) is 0 Å². The van der Waals surface area contributed by atoms with Crippen LogP contribution < -0.4 is 0 Å². The first kappa shape index (κ1) is 14.1. The molecule has 1 aliphatic rings. The van der Waals surface area contributed by atoms with Gasteiger partial charge in [-0.2, -0.15) is 5.26 Å². The molecule has 2 rings (SSSR count). The van der Waals surface area contributed by atoms with Crippen LogP contribution in [0.1, 0.15) is 63.9 Å². The van der Waals surface area contributed by atoms with Gasteiger partial charge < -0.3 is 0 Å². The smallest absolute Gasteiger partial charge is 0.0837 e. The molecule has 102 valence electrons. The molecule has 0 radical (unpaired) electrons. The third-order valence-electron chi connectivity index (χ3n) is 4.60. The molecule has 0 spiro atoms. The quantitative estimate of drug-likeness (QED) is 0.721. The van der Waals surface area contributed by atoms with Gasteiger partial charge in [-0.1, -0.05) is 38.7 Å². The lowest BCUT2D eigenvalue weighted by Crippen LogP contribution is -2.30. The highest BCUT2D eigenvalue weighted by Gasteiger charge is 2.36. The minimum Gasteiger partial charge on any atom is -0.264 e. The number of rotatable bonds is 5. The van der Waals surface area contributed by atoms with Crippen LogP contribution in [0.2, 0.25) is 0 Å². The van der Waals surface area contributed by atoms with Crippen molar-refractivity contribution < 1.29 is 0 Å². The molecule has 0 amide bonds. The van der Waals surface area contributed by atoms with Crippen LogP contribution in [0.15, 0.2) is 24.5 Å². The summed E-state index contributed by atoms with van der Waals surface area (Å²) in [5, 5.41) is 9.62. The monoisotopic (exact) mass is 256 g/mol. The lowest BCUT2D eigenvalue weighted by molar-refractivity contribution is 0.261. The topological polar surface area (TPSA) is 36.7 Å². The highest BCUT2D eigenvalue weighted by Crippen LogP contribution is 2.42. The molecule has 1 aliphatic carbocycles. The van der Waals surface area contributed by atoms with E-state index in [2.05, 4.69) is 24.0 Å². The molecule has 1 saturated carbocycles. The zero-order valence-corrected chi connectivity index (χ0v) is 11.9. The first-order chi connectivity index (χ1) is 9.30. The van der Waals surface area contributed by atoms with E-state index in [1.165, 1.54) is 38.5 Å². The Kier molecular flexibility index (Phi) is 4.96. The van der Waals surface area contributed by atoms with Crippen LogP contribution in [-0.2, 0) is 5.41 Å². The second-order valence-electron chi connectivity index (χ2n) is 5.87. The molecule has 1 aromatic rings. The van der Waals surface area contributed by atoms with Crippen LogP contribution >= 0.6 is 0 Å². The molecule has 0 atom stereocenters. The maximum Gasteiger partial charge on any atom is 0.0837 e. The van der Waals surface area contributed by atoms with Gasteiger partial charge in [-0.3, -0.25) is 4.98 Å². The molecular formula is C17H24N2. The SMILES string of the molecule is CCCCCC1CCC(C#N)(c2cccnc2)CC1. The summed E-state index contributed by atoms with van der Waals surface area (Å²) in [6.45, 7) is 2.25. The third-order valence-corrected chi connectivity index (χ3v) is 4.60. The minimum absolute atomic E-state index is 0.268. The van der Waals surface area contributed by atoms with E-state index in [9.17, 15) is 5.26 Å². The summed E-state index contributed by atoms with van der Waals surface area (Å²) in [6.07, 6.45) is 13.4. The standard InChI is InChI=1S/C17H24N2/c1-2-3-4-6-15-8-10-17(14-18,11-9-15)16-7-5-12-19-13-16/h5,7,12-13,15H,2-4,6,8-11H2,1H3. The van der Waals surface area contributed by atoms with E-state index in [4.69, 9.17) is 0 Å². The van der Waals surface area contributed by atoms with Crippen molar-refractivity contribution in [1.82, 2.24) is 4.98 Å². The summed E-state index contributed by atoms with van der Waals surface area (Å²) in [5.74, 6) is 0.838. The van der Waals surface area contributed by atoms with Gasteiger partial charge in [-0.05, 0) is 43.2 Å². The molecule has 2 heteroatoms.